The number of hydrogen-bond acceptors (Lipinski definition) is 2. The van der Waals surface area contributed by atoms with Gasteiger partial charge >= 0.3 is 0 Å². The zero-order valence-corrected chi connectivity index (χ0v) is 11.6. The van der Waals surface area contributed by atoms with Crippen molar-refractivity contribution in [2.45, 2.75) is 26.3 Å². The minimum absolute atomic E-state index is 0.157. The molecule has 2 rings (SSSR count). The summed E-state index contributed by atoms with van der Waals surface area (Å²) in [6.07, 6.45) is 0.913. The number of carbonyl (C=O) groups is 1. The van der Waals surface area contributed by atoms with Crippen LogP contribution in [-0.2, 0) is 11.2 Å². The lowest BCUT2D eigenvalue weighted by atomic mass is 9.99. The molecule has 1 N–H and O–H groups in total. The van der Waals surface area contributed by atoms with E-state index in [4.69, 9.17) is 11.6 Å². The zero-order chi connectivity index (χ0) is 13.1. The first kappa shape index (κ1) is 13.4. The van der Waals surface area contributed by atoms with Crippen molar-refractivity contribution >= 4 is 17.5 Å². The highest BCUT2D eigenvalue weighted by Crippen LogP contribution is 2.20. The maximum atomic E-state index is 11.4. The van der Waals surface area contributed by atoms with Gasteiger partial charge < -0.3 is 10.2 Å². The van der Waals surface area contributed by atoms with Gasteiger partial charge in [-0.3, -0.25) is 4.79 Å². The third-order valence-corrected chi connectivity index (χ3v) is 3.96. The molecular weight excluding hydrogens is 248 g/mol. The fourth-order valence-corrected chi connectivity index (χ4v) is 2.58. The van der Waals surface area contributed by atoms with E-state index in [1.54, 1.807) is 6.92 Å². The SMILES string of the molecule is CC(=O)N1CCNC(Cc2cccc(Cl)c2C)C1. The van der Waals surface area contributed by atoms with Gasteiger partial charge in [-0.25, -0.2) is 0 Å². The molecular formula is C14H19ClN2O. The Morgan fingerprint density at radius 2 is 2.33 bits per heavy atom. The second-order valence-electron chi connectivity index (χ2n) is 4.84. The Labute approximate surface area is 113 Å². The molecule has 1 aromatic carbocycles. The summed E-state index contributed by atoms with van der Waals surface area (Å²) in [5.74, 6) is 0.157. The quantitative estimate of drug-likeness (QED) is 0.888. The van der Waals surface area contributed by atoms with Crippen molar-refractivity contribution in [1.29, 1.82) is 0 Å². The van der Waals surface area contributed by atoms with Crippen LogP contribution in [0.25, 0.3) is 0 Å². The fourth-order valence-electron chi connectivity index (χ4n) is 2.39. The van der Waals surface area contributed by atoms with E-state index in [1.165, 1.54) is 5.56 Å². The standard InChI is InChI=1S/C14H19ClN2O/c1-10-12(4-3-5-14(10)15)8-13-9-17(11(2)18)7-6-16-13/h3-5,13,16H,6-9H2,1-2H3. The van der Waals surface area contributed by atoms with Crippen molar-refractivity contribution in [2.75, 3.05) is 19.6 Å². The molecule has 0 spiro atoms. The van der Waals surface area contributed by atoms with Crippen LogP contribution in [0.4, 0.5) is 0 Å². The average Bonchev–Trinajstić information content (AvgIpc) is 2.35. The Morgan fingerprint density at radius 3 is 3.06 bits per heavy atom. The number of rotatable bonds is 2. The van der Waals surface area contributed by atoms with Gasteiger partial charge in [0.15, 0.2) is 0 Å². The first-order chi connectivity index (χ1) is 8.58. The monoisotopic (exact) mass is 266 g/mol. The molecule has 1 aromatic rings. The van der Waals surface area contributed by atoms with E-state index in [0.717, 1.165) is 36.6 Å². The van der Waals surface area contributed by atoms with E-state index in [0.29, 0.717) is 6.04 Å². The highest BCUT2D eigenvalue weighted by molar-refractivity contribution is 6.31. The summed E-state index contributed by atoms with van der Waals surface area (Å²) in [5.41, 5.74) is 2.39. The lowest BCUT2D eigenvalue weighted by molar-refractivity contribution is -0.130. The van der Waals surface area contributed by atoms with Gasteiger partial charge in [0.2, 0.25) is 5.91 Å². The van der Waals surface area contributed by atoms with E-state index in [-0.39, 0.29) is 5.91 Å². The van der Waals surface area contributed by atoms with Gasteiger partial charge in [0.05, 0.1) is 0 Å². The lowest BCUT2D eigenvalue weighted by Crippen LogP contribution is -2.52. The van der Waals surface area contributed by atoms with E-state index >= 15 is 0 Å². The van der Waals surface area contributed by atoms with Gasteiger partial charge in [-0.05, 0) is 30.5 Å². The molecule has 0 saturated carbocycles. The predicted molar refractivity (Wildman–Crippen MR) is 73.9 cm³/mol. The Hall–Kier alpha value is -1.06. The second-order valence-corrected chi connectivity index (χ2v) is 5.25. The Bertz CT molecular complexity index is 447. The molecule has 0 aromatic heterocycles. The molecule has 18 heavy (non-hydrogen) atoms. The molecule has 1 aliphatic heterocycles. The van der Waals surface area contributed by atoms with Crippen LogP contribution in [0.2, 0.25) is 5.02 Å². The molecule has 1 atom stereocenters. The second kappa shape index (κ2) is 5.72. The minimum atomic E-state index is 0.157. The first-order valence-corrected chi connectivity index (χ1v) is 6.68. The highest BCUT2D eigenvalue weighted by atomic mass is 35.5. The van der Waals surface area contributed by atoms with Crippen LogP contribution in [0.15, 0.2) is 18.2 Å². The molecule has 1 saturated heterocycles. The lowest BCUT2D eigenvalue weighted by Gasteiger charge is -2.33. The molecule has 0 aliphatic carbocycles. The number of carbonyl (C=O) groups excluding carboxylic acids is 1. The number of nitrogens with zero attached hydrogens (tertiary/aromatic N) is 1. The molecule has 98 valence electrons. The van der Waals surface area contributed by atoms with Crippen molar-refractivity contribution in [3.05, 3.63) is 34.3 Å². The molecule has 4 heteroatoms. The molecule has 0 bridgehead atoms. The van der Waals surface area contributed by atoms with Crippen molar-refractivity contribution < 1.29 is 4.79 Å². The number of halogens is 1. The summed E-state index contributed by atoms with van der Waals surface area (Å²) in [6, 6.07) is 6.32. The Morgan fingerprint density at radius 1 is 1.56 bits per heavy atom. The van der Waals surface area contributed by atoms with Crippen LogP contribution >= 0.6 is 11.6 Å². The summed E-state index contributed by atoms with van der Waals surface area (Å²) >= 11 is 6.13. The van der Waals surface area contributed by atoms with Gasteiger partial charge in [-0.15, -0.1) is 0 Å². The number of nitrogens with one attached hydrogen (secondary N) is 1. The van der Waals surface area contributed by atoms with Gasteiger partial charge in [0.25, 0.3) is 0 Å². The highest BCUT2D eigenvalue weighted by Gasteiger charge is 2.21. The molecule has 3 nitrogen and oxygen atoms in total. The van der Waals surface area contributed by atoms with Gasteiger partial charge in [0, 0.05) is 37.6 Å². The average molecular weight is 267 g/mol. The van der Waals surface area contributed by atoms with E-state index in [1.807, 2.05) is 24.0 Å². The third-order valence-electron chi connectivity index (χ3n) is 3.55. The maximum absolute atomic E-state index is 11.4. The van der Waals surface area contributed by atoms with Crippen LogP contribution in [0, 0.1) is 6.92 Å². The predicted octanol–water partition coefficient (Wildman–Crippen LogP) is 2.01. The van der Waals surface area contributed by atoms with Gasteiger partial charge in [-0.1, -0.05) is 23.7 Å². The Balaban J connectivity index is 2.05. The molecule has 1 amide bonds. The fraction of sp³-hybridized carbons (Fsp3) is 0.500. The van der Waals surface area contributed by atoms with Crippen LogP contribution in [0.1, 0.15) is 18.1 Å². The normalized spacial score (nSPS) is 19.9. The van der Waals surface area contributed by atoms with Crippen molar-refractivity contribution in [3.63, 3.8) is 0 Å². The topological polar surface area (TPSA) is 32.3 Å². The molecule has 0 radical (unpaired) electrons. The number of hydrogen-bond donors (Lipinski definition) is 1. The summed E-state index contributed by atoms with van der Waals surface area (Å²) in [4.78, 5) is 13.3. The van der Waals surface area contributed by atoms with E-state index < -0.39 is 0 Å². The molecule has 1 unspecified atom stereocenters. The number of piperazine rings is 1. The van der Waals surface area contributed by atoms with Crippen molar-refractivity contribution in [3.8, 4) is 0 Å². The summed E-state index contributed by atoms with van der Waals surface area (Å²) < 4.78 is 0. The molecule has 1 aliphatic rings. The van der Waals surface area contributed by atoms with E-state index in [9.17, 15) is 4.79 Å². The smallest absolute Gasteiger partial charge is 0.219 e. The van der Waals surface area contributed by atoms with E-state index in [2.05, 4.69) is 11.4 Å². The van der Waals surface area contributed by atoms with Crippen molar-refractivity contribution in [1.82, 2.24) is 10.2 Å². The summed E-state index contributed by atoms with van der Waals surface area (Å²) in [5, 5.41) is 4.27. The maximum Gasteiger partial charge on any atom is 0.219 e. The summed E-state index contributed by atoms with van der Waals surface area (Å²) in [6.45, 7) is 6.13. The van der Waals surface area contributed by atoms with Crippen molar-refractivity contribution in [2.24, 2.45) is 0 Å². The number of benzene rings is 1. The van der Waals surface area contributed by atoms with Crippen LogP contribution in [-0.4, -0.2) is 36.5 Å². The van der Waals surface area contributed by atoms with Crippen LogP contribution in [0.3, 0.4) is 0 Å². The molecule has 1 heterocycles. The summed E-state index contributed by atoms with van der Waals surface area (Å²) in [7, 11) is 0. The van der Waals surface area contributed by atoms with Crippen LogP contribution in [0.5, 0.6) is 0 Å². The van der Waals surface area contributed by atoms with Crippen LogP contribution < -0.4 is 5.32 Å². The number of amides is 1. The van der Waals surface area contributed by atoms with Gasteiger partial charge in [-0.2, -0.15) is 0 Å². The first-order valence-electron chi connectivity index (χ1n) is 6.31. The zero-order valence-electron chi connectivity index (χ0n) is 10.9. The van der Waals surface area contributed by atoms with Gasteiger partial charge in [0.1, 0.15) is 0 Å². The third kappa shape index (κ3) is 3.03. The molecule has 1 fully saturated rings. The minimum Gasteiger partial charge on any atom is -0.340 e. The Kier molecular flexibility index (Phi) is 4.25. The largest absolute Gasteiger partial charge is 0.340 e.